The molecule has 0 bridgehead atoms. The molecule has 3 aromatic heterocycles. The van der Waals surface area contributed by atoms with Crippen molar-refractivity contribution >= 4 is 5.65 Å². The summed E-state index contributed by atoms with van der Waals surface area (Å²) in [6.07, 6.45) is 9.18. The Labute approximate surface area is 146 Å². The quantitative estimate of drug-likeness (QED) is 0.726. The van der Waals surface area contributed by atoms with E-state index in [1.807, 2.05) is 23.0 Å². The molecule has 0 aromatic carbocycles. The molecule has 2 aliphatic rings. The summed E-state index contributed by atoms with van der Waals surface area (Å²) in [5, 5.41) is 13.7. The molecule has 0 radical (unpaired) electrons. The number of hydrogen-bond donors (Lipinski definition) is 0. The van der Waals surface area contributed by atoms with Crippen molar-refractivity contribution in [2.24, 2.45) is 0 Å². The van der Waals surface area contributed by atoms with Crippen LogP contribution in [0, 0.1) is 0 Å². The highest BCUT2D eigenvalue weighted by atomic mass is 15.4. The highest BCUT2D eigenvalue weighted by Crippen LogP contribution is 2.28. The Hall–Kier alpha value is -2.41. The predicted octanol–water partition coefficient (Wildman–Crippen LogP) is 1.78. The zero-order valence-corrected chi connectivity index (χ0v) is 14.2. The van der Waals surface area contributed by atoms with Crippen molar-refractivity contribution in [3.63, 3.8) is 0 Å². The first-order chi connectivity index (χ1) is 12.4. The summed E-state index contributed by atoms with van der Waals surface area (Å²) in [5.74, 6) is 2.35. The monoisotopic (exact) mass is 335 g/mol. The molecular formula is C18H21N7. The van der Waals surface area contributed by atoms with Crippen LogP contribution in [-0.2, 0) is 19.4 Å². The second-order valence-corrected chi connectivity index (χ2v) is 7.01. The molecule has 0 spiro atoms. The lowest BCUT2D eigenvalue weighted by molar-refractivity contribution is 0.196. The van der Waals surface area contributed by atoms with E-state index in [9.17, 15) is 0 Å². The van der Waals surface area contributed by atoms with E-state index in [-0.39, 0.29) is 0 Å². The summed E-state index contributed by atoms with van der Waals surface area (Å²) in [5.41, 5.74) is 3.48. The van der Waals surface area contributed by atoms with Gasteiger partial charge in [-0.05, 0) is 62.9 Å². The number of nitrogens with zero attached hydrogens (tertiary/aromatic N) is 7. The maximum atomic E-state index is 4.84. The number of likely N-dealkylation sites (tertiary alicyclic amines) is 1. The molecule has 25 heavy (non-hydrogen) atoms. The zero-order chi connectivity index (χ0) is 16.6. The van der Waals surface area contributed by atoms with Gasteiger partial charge in [0.2, 0.25) is 0 Å². The molecule has 7 heteroatoms. The van der Waals surface area contributed by atoms with E-state index in [1.165, 1.54) is 17.7 Å². The Balaban J connectivity index is 1.32. The Bertz CT molecular complexity index is 881. The lowest BCUT2D eigenvalue weighted by atomic mass is 9.96. The number of aromatic nitrogens is 6. The van der Waals surface area contributed by atoms with Gasteiger partial charge in [0, 0.05) is 18.3 Å². The van der Waals surface area contributed by atoms with E-state index < -0.39 is 0 Å². The number of piperidine rings is 1. The Morgan fingerprint density at radius 1 is 1.04 bits per heavy atom. The van der Waals surface area contributed by atoms with Crippen molar-refractivity contribution in [1.82, 2.24) is 34.7 Å². The minimum absolute atomic E-state index is 0.426. The standard InChI is InChI=1S/C18H21N7/c1-3-14-11-17-21-22-18(25(17)23-15(14)4-1)13-5-9-24(10-6-13)12-16-19-7-2-8-20-16/h2,7-8,11,13H,1,3-6,9-10,12H2. The molecule has 0 N–H and O–H groups in total. The van der Waals surface area contributed by atoms with Crippen LogP contribution in [0.5, 0.6) is 0 Å². The Morgan fingerprint density at radius 3 is 2.72 bits per heavy atom. The Kier molecular flexibility index (Phi) is 3.66. The van der Waals surface area contributed by atoms with Crippen LogP contribution in [0.2, 0.25) is 0 Å². The first-order valence-electron chi connectivity index (χ1n) is 9.09. The maximum absolute atomic E-state index is 4.84. The van der Waals surface area contributed by atoms with Crippen molar-refractivity contribution < 1.29 is 0 Å². The molecule has 4 heterocycles. The summed E-state index contributed by atoms with van der Waals surface area (Å²) in [7, 11) is 0. The van der Waals surface area contributed by atoms with Crippen LogP contribution in [0.25, 0.3) is 5.65 Å². The molecule has 3 aromatic rings. The van der Waals surface area contributed by atoms with E-state index in [0.29, 0.717) is 5.92 Å². The average Bonchev–Trinajstić information content (AvgIpc) is 3.27. The van der Waals surface area contributed by atoms with Crippen LogP contribution >= 0.6 is 0 Å². The van der Waals surface area contributed by atoms with Gasteiger partial charge in [-0.25, -0.2) is 9.97 Å². The number of rotatable bonds is 3. The van der Waals surface area contributed by atoms with Gasteiger partial charge in [0.25, 0.3) is 0 Å². The first kappa shape index (κ1) is 14.9. The van der Waals surface area contributed by atoms with Crippen LogP contribution in [0.15, 0.2) is 24.5 Å². The number of aryl methyl sites for hydroxylation is 2. The van der Waals surface area contributed by atoms with Crippen LogP contribution in [-0.4, -0.2) is 47.8 Å². The fourth-order valence-corrected chi connectivity index (χ4v) is 4.01. The van der Waals surface area contributed by atoms with Crippen molar-refractivity contribution in [2.45, 2.75) is 44.6 Å². The van der Waals surface area contributed by atoms with Crippen molar-refractivity contribution in [3.05, 3.63) is 47.4 Å². The van der Waals surface area contributed by atoms with Crippen molar-refractivity contribution in [2.75, 3.05) is 13.1 Å². The highest BCUT2D eigenvalue weighted by molar-refractivity contribution is 5.43. The van der Waals surface area contributed by atoms with E-state index in [2.05, 4.69) is 31.1 Å². The number of fused-ring (bicyclic) bond motifs is 2. The number of hydrogen-bond acceptors (Lipinski definition) is 6. The minimum Gasteiger partial charge on any atom is -0.296 e. The highest BCUT2D eigenvalue weighted by Gasteiger charge is 2.26. The summed E-state index contributed by atoms with van der Waals surface area (Å²) in [6.45, 7) is 2.88. The van der Waals surface area contributed by atoms with Crippen LogP contribution in [0.3, 0.4) is 0 Å². The summed E-state index contributed by atoms with van der Waals surface area (Å²) < 4.78 is 1.99. The summed E-state index contributed by atoms with van der Waals surface area (Å²) in [6, 6.07) is 4.03. The van der Waals surface area contributed by atoms with Gasteiger partial charge in [-0.3, -0.25) is 4.90 Å². The van der Waals surface area contributed by atoms with E-state index in [4.69, 9.17) is 5.10 Å². The topological polar surface area (TPSA) is 72.1 Å². The van der Waals surface area contributed by atoms with Gasteiger partial charge in [-0.15, -0.1) is 10.2 Å². The lowest BCUT2D eigenvalue weighted by Gasteiger charge is -2.30. The fraction of sp³-hybridized carbons (Fsp3) is 0.500. The first-order valence-corrected chi connectivity index (χ1v) is 9.09. The molecule has 1 fully saturated rings. The third-order valence-electron chi connectivity index (χ3n) is 5.38. The second kappa shape index (κ2) is 6.15. The molecule has 7 nitrogen and oxygen atoms in total. The molecule has 0 atom stereocenters. The normalized spacial score (nSPS) is 18.7. The molecular weight excluding hydrogens is 314 g/mol. The lowest BCUT2D eigenvalue weighted by Crippen LogP contribution is -2.33. The van der Waals surface area contributed by atoms with Crippen LogP contribution < -0.4 is 0 Å². The third-order valence-corrected chi connectivity index (χ3v) is 5.38. The fourth-order valence-electron chi connectivity index (χ4n) is 4.01. The molecule has 0 amide bonds. The molecule has 128 valence electrons. The average molecular weight is 335 g/mol. The van der Waals surface area contributed by atoms with Gasteiger partial charge in [0.15, 0.2) is 11.5 Å². The molecule has 0 saturated carbocycles. The Morgan fingerprint density at radius 2 is 1.88 bits per heavy atom. The molecule has 1 aliphatic carbocycles. The largest absolute Gasteiger partial charge is 0.296 e. The van der Waals surface area contributed by atoms with Gasteiger partial charge >= 0.3 is 0 Å². The van der Waals surface area contributed by atoms with E-state index >= 15 is 0 Å². The van der Waals surface area contributed by atoms with Gasteiger partial charge in [0.1, 0.15) is 5.82 Å². The molecule has 0 unspecified atom stereocenters. The van der Waals surface area contributed by atoms with Gasteiger partial charge in [-0.2, -0.15) is 9.61 Å². The molecule has 1 saturated heterocycles. The molecule has 5 rings (SSSR count). The van der Waals surface area contributed by atoms with E-state index in [1.54, 1.807) is 0 Å². The SMILES string of the molecule is c1cnc(CN2CCC(c3nnc4cc5c(nn34)CCC5)CC2)nc1. The minimum atomic E-state index is 0.426. The second-order valence-electron chi connectivity index (χ2n) is 7.01. The maximum Gasteiger partial charge on any atom is 0.178 e. The predicted molar refractivity (Wildman–Crippen MR) is 92.1 cm³/mol. The van der Waals surface area contributed by atoms with Crippen molar-refractivity contribution in [1.29, 1.82) is 0 Å². The zero-order valence-electron chi connectivity index (χ0n) is 14.2. The van der Waals surface area contributed by atoms with Gasteiger partial charge < -0.3 is 0 Å². The summed E-state index contributed by atoms with van der Waals surface area (Å²) in [4.78, 5) is 11.1. The van der Waals surface area contributed by atoms with Crippen molar-refractivity contribution in [3.8, 4) is 0 Å². The summed E-state index contributed by atoms with van der Waals surface area (Å²) >= 11 is 0. The third kappa shape index (κ3) is 2.78. The van der Waals surface area contributed by atoms with Gasteiger partial charge in [0.05, 0.1) is 12.2 Å². The van der Waals surface area contributed by atoms with Crippen LogP contribution in [0.4, 0.5) is 0 Å². The van der Waals surface area contributed by atoms with Gasteiger partial charge in [-0.1, -0.05) is 0 Å². The molecule has 1 aliphatic heterocycles. The van der Waals surface area contributed by atoms with Crippen LogP contribution in [0.1, 0.15) is 48.1 Å². The van der Waals surface area contributed by atoms with E-state index in [0.717, 1.165) is 62.6 Å². The smallest absolute Gasteiger partial charge is 0.178 e.